The second-order valence-electron chi connectivity index (χ2n) is 6.05. The summed E-state index contributed by atoms with van der Waals surface area (Å²) in [6.45, 7) is 1.82. The average molecular weight is 363 g/mol. The lowest BCUT2D eigenvalue weighted by Crippen LogP contribution is -2.04. The van der Waals surface area contributed by atoms with Gasteiger partial charge >= 0.3 is 5.63 Å². The van der Waals surface area contributed by atoms with E-state index in [2.05, 4.69) is 10.1 Å². The highest BCUT2D eigenvalue weighted by molar-refractivity contribution is 6.32. The van der Waals surface area contributed by atoms with Gasteiger partial charge in [-0.25, -0.2) is 9.78 Å². The van der Waals surface area contributed by atoms with Crippen molar-refractivity contribution in [2.45, 2.75) is 6.92 Å². The quantitative estimate of drug-likeness (QED) is 0.306. The number of halogens is 1. The maximum atomic E-state index is 12.9. The number of aryl methyl sites for hydroxylation is 1. The molecule has 0 aliphatic rings. The van der Waals surface area contributed by atoms with Gasteiger partial charge in [-0.1, -0.05) is 47.1 Å². The summed E-state index contributed by atoms with van der Waals surface area (Å²) in [6.07, 6.45) is 0. The van der Waals surface area contributed by atoms with E-state index in [1.54, 1.807) is 18.2 Å². The molecule has 0 saturated heterocycles. The Bertz CT molecular complexity index is 1370. The molecule has 2 aromatic carbocycles. The van der Waals surface area contributed by atoms with Gasteiger partial charge in [0.1, 0.15) is 5.58 Å². The van der Waals surface area contributed by atoms with Crippen LogP contribution in [-0.2, 0) is 0 Å². The predicted octanol–water partition coefficient (Wildman–Crippen LogP) is 5.11. The number of hydrogen-bond acceptors (Lipinski definition) is 5. The third-order valence-electron chi connectivity index (χ3n) is 4.46. The lowest BCUT2D eigenvalue weighted by atomic mass is 10.00. The van der Waals surface area contributed by atoms with Crippen molar-refractivity contribution in [2.75, 3.05) is 0 Å². The third-order valence-corrected chi connectivity index (χ3v) is 4.69. The molecular weight excluding hydrogens is 352 g/mol. The molecule has 0 radical (unpaired) electrons. The van der Waals surface area contributed by atoms with Gasteiger partial charge in [-0.15, -0.1) is 0 Å². The SMILES string of the molecule is Cc1noc2nc(-c3ccccc3)c3c(=O)oc4ccc(Cl)cc4c3c12. The molecule has 0 spiro atoms. The molecule has 6 heteroatoms. The van der Waals surface area contributed by atoms with Gasteiger partial charge < -0.3 is 8.94 Å². The van der Waals surface area contributed by atoms with Gasteiger partial charge in [0, 0.05) is 21.4 Å². The first-order chi connectivity index (χ1) is 12.6. The summed E-state index contributed by atoms with van der Waals surface area (Å²) in [4.78, 5) is 17.4. The fourth-order valence-electron chi connectivity index (χ4n) is 3.33. The normalized spacial score (nSPS) is 11.6. The molecule has 26 heavy (non-hydrogen) atoms. The van der Waals surface area contributed by atoms with Crippen molar-refractivity contribution < 1.29 is 8.94 Å². The van der Waals surface area contributed by atoms with Gasteiger partial charge in [0.25, 0.3) is 5.71 Å². The van der Waals surface area contributed by atoms with Gasteiger partial charge in [0.05, 0.1) is 22.2 Å². The molecule has 0 N–H and O–H groups in total. The van der Waals surface area contributed by atoms with Crippen LogP contribution in [0.2, 0.25) is 5.02 Å². The molecule has 0 atom stereocenters. The molecule has 3 heterocycles. The molecule has 0 aliphatic heterocycles. The second-order valence-corrected chi connectivity index (χ2v) is 6.49. The summed E-state index contributed by atoms with van der Waals surface area (Å²) in [6, 6.07) is 14.6. The summed E-state index contributed by atoms with van der Waals surface area (Å²) < 4.78 is 11.0. The van der Waals surface area contributed by atoms with E-state index in [4.69, 9.17) is 20.5 Å². The smallest absolute Gasteiger partial charge is 0.346 e. The molecule has 0 bridgehead atoms. The number of pyridine rings is 1. The van der Waals surface area contributed by atoms with Crippen molar-refractivity contribution in [3.05, 3.63) is 69.7 Å². The number of benzene rings is 2. The van der Waals surface area contributed by atoms with Crippen molar-refractivity contribution in [1.29, 1.82) is 0 Å². The van der Waals surface area contributed by atoms with E-state index < -0.39 is 5.63 Å². The number of hydrogen-bond donors (Lipinski definition) is 0. The molecule has 3 aromatic heterocycles. The van der Waals surface area contributed by atoms with E-state index in [0.29, 0.717) is 43.9 Å². The fraction of sp³-hybridized carbons (Fsp3) is 0.0500. The molecule has 5 nitrogen and oxygen atoms in total. The average Bonchev–Trinajstić information content (AvgIpc) is 3.03. The molecule has 0 amide bonds. The van der Waals surface area contributed by atoms with Crippen LogP contribution >= 0.6 is 11.6 Å². The standard InChI is InChI=1S/C20H11ClN2O3/c1-10-15-16-13-9-12(21)7-8-14(13)25-20(24)17(16)18(22-19(15)26-23-10)11-5-3-2-4-6-11/h2-9H,1H3. The van der Waals surface area contributed by atoms with E-state index in [-0.39, 0.29) is 0 Å². The Labute approximate surface area is 151 Å². The summed E-state index contributed by atoms with van der Waals surface area (Å²) >= 11 is 6.21. The molecule has 126 valence electrons. The predicted molar refractivity (Wildman–Crippen MR) is 101 cm³/mol. The van der Waals surface area contributed by atoms with Crippen LogP contribution in [0.3, 0.4) is 0 Å². The minimum Gasteiger partial charge on any atom is -0.422 e. The van der Waals surface area contributed by atoms with Crippen LogP contribution in [0.25, 0.3) is 44.1 Å². The highest BCUT2D eigenvalue weighted by Gasteiger charge is 2.21. The van der Waals surface area contributed by atoms with Gasteiger partial charge in [0.15, 0.2) is 0 Å². The Kier molecular flexibility index (Phi) is 3.14. The number of aromatic nitrogens is 2. The maximum absolute atomic E-state index is 12.9. The maximum Gasteiger partial charge on any atom is 0.346 e. The lowest BCUT2D eigenvalue weighted by molar-refractivity contribution is 0.443. The van der Waals surface area contributed by atoms with Gasteiger partial charge in [-0.05, 0) is 25.1 Å². The van der Waals surface area contributed by atoms with Crippen LogP contribution in [0, 0.1) is 6.92 Å². The molecule has 5 rings (SSSR count). The first-order valence-electron chi connectivity index (χ1n) is 8.01. The van der Waals surface area contributed by atoms with Gasteiger partial charge in [-0.2, -0.15) is 0 Å². The number of fused-ring (bicyclic) bond motifs is 5. The van der Waals surface area contributed by atoms with E-state index in [1.165, 1.54) is 0 Å². The van der Waals surface area contributed by atoms with Crippen LogP contribution in [0.15, 0.2) is 62.3 Å². The van der Waals surface area contributed by atoms with Gasteiger partial charge in [-0.3, -0.25) is 0 Å². The summed E-state index contributed by atoms with van der Waals surface area (Å²) in [5, 5.41) is 7.09. The Morgan fingerprint density at radius 2 is 1.81 bits per heavy atom. The van der Waals surface area contributed by atoms with E-state index >= 15 is 0 Å². The fourth-order valence-corrected chi connectivity index (χ4v) is 3.51. The summed E-state index contributed by atoms with van der Waals surface area (Å²) in [5.74, 6) is 0. The Morgan fingerprint density at radius 3 is 2.62 bits per heavy atom. The molecule has 0 unspecified atom stereocenters. The zero-order chi connectivity index (χ0) is 17.8. The zero-order valence-electron chi connectivity index (χ0n) is 13.6. The largest absolute Gasteiger partial charge is 0.422 e. The van der Waals surface area contributed by atoms with Crippen molar-refractivity contribution in [3.63, 3.8) is 0 Å². The Balaban J connectivity index is 2.13. The van der Waals surface area contributed by atoms with Crippen LogP contribution in [0.1, 0.15) is 5.69 Å². The minimum atomic E-state index is -0.455. The molecular formula is C20H11ClN2O3. The van der Waals surface area contributed by atoms with Crippen LogP contribution in [0.5, 0.6) is 0 Å². The van der Waals surface area contributed by atoms with Crippen molar-refractivity contribution >= 4 is 44.4 Å². The monoisotopic (exact) mass is 362 g/mol. The highest BCUT2D eigenvalue weighted by atomic mass is 35.5. The minimum absolute atomic E-state index is 0.376. The van der Waals surface area contributed by atoms with Crippen LogP contribution in [0.4, 0.5) is 0 Å². The molecule has 0 aliphatic carbocycles. The van der Waals surface area contributed by atoms with E-state index in [1.807, 2.05) is 37.3 Å². The topological polar surface area (TPSA) is 69.1 Å². The summed E-state index contributed by atoms with van der Waals surface area (Å²) in [7, 11) is 0. The van der Waals surface area contributed by atoms with Crippen molar-refractivity contribution in [3.8, 4) is 11.3 Å². The number of rotatable bonds is 1. The second kappa shape index (κ2) is 5.41. The van der Waals surface area contributed by atoms with E-state index in [9.17, 15) is 4.79 Å². The molecule has 0 saturated carbocycles. The van der Waals surface area contributed by atoms with Gasteiger partial charge in [0.2, 0.25) is 0 Å². The van der Waals surface area contributed by atoms with Crippen molar-refractivity contribution in [1.82, 2.24) is 10.1 Å². The lowest BCUT2D eigenvalue weighted by Gasteiger charge is -2.08. The zero-order valence-corrected chi connectivity index (χ0v) is 14.4. The Hall–Kier alpha value is -3.18. The highest BCUT2D eigenvalue weighted by Crippen LogP contribution is 2.36. The Morgan fingerprint density at radius 1 is 1.00 bits per heavy atom. The van der Waals surface area contributed by atoms with E-state index in [0.717, 1.165) is 10.9 Å². The number of nitrogens with zero attached hydrogens (tertiary/aromatic N) is 2. The molecule has 0 fully saturated rings. The van der Waals surface area contributed by atoms with Crippen molar-refractivity contribution in [2.24, 2.45) is 0 Å². The summed E-state index contributed by atoms with van der Waals surface area (Å²) in [5.41, 5.74) is 2.33. The first kappa shape index (κ1) is 15.1. The van der Waals surface area contributed by atoms with Crippen LogP contribution < -0.4 is 5.63 Å². The van der Waals surface area contributed by atoms with Crippen LogP contribution in [-0.4, -0.2) is 10.1 Å². The first-order valence-corrected chi connectivity index (χ1v) is 8.39. The third kappa shape index (κ3) is 2.07. The molecule has 5 aromatic rings.